The number of carboxylic acids is 1. The molecule has 1 aliphatic heterocycles. The number of para-hydroxylation sites is 1. The fourth-order valence-electron chi connectivity index (χ4n) is 2.28. The van der Waals surface area contributed by atoms with E-state index in [2.05, 4.69) is 0 Å². The number of rotatable bonds is 4. The largest absolute Gasteiger partial charge is 0.495 e. The number of hydrogen-bond donors (Lipinski definition) is 2. The Hall–Kier alpha value is -1.64. The maximum Gasteiger partial charge on any atom is 0.335 e. The third-order valence-corrected chi connectivity index (χ3v) is 5.57. The second-order valence-corrected chi connectivity index (χ2v) is 6.80. The highest BCUT2D eigenvalue weighted by atomic mass is 32.2. The van der Waals surface area contributed by atoms with Crippen molar-refractivity contribution in [3.63, 3.8) is 0 Å². The van der Waals surface area contributed by atoms with Crippen molar-refractivity contribution in [3.8, 4) is 5.75 Å². The van der Waals surface area contributed by atoms with Crippen LogP contribution in [-0.4, -0.2) is 54.7 Å². The molecule has 7 nitrogen and oxygen atoms in total. The first-order valence-corrected chi connectivity index (χ1v) is 7.84. The minimum absolute atomic E-state index is 0.0354. The van der Waals surface area contributed by atoms with Gasteiger partial charge in [0.15, 0.2) is 5.60 Å². The molecule has 1 aliphatic rings. The molecule has 21 heavy (non-hydrogen) atoms. The summed E-state index contributed by atoms with van der Waals surface area (Å²) in [6.07, 6.45) is -0.284. The second kappa shape index (κ2) is 5.63. The number of carbonyl (C=O) groups is 1. The van der Waals surface area contributed by atoms with E-state index in [1.807, 2.05) is 0 Å². The third kappa shape index (κ3) is 2.87. The fraction of sp³-hybridized carbons (Fsp3) is 0.462. The Kier molecular flexibility index (Phi) is 4.22. The van der Waals surface area contributed by atoms with E-state index in [1.54, 1.807) is 18.2 Å². The fourth-order valence-corrected chi connectivity index (χ4v) is 3.88. The van der Waals surface area contributed by atoms with E-state index in [0.29, 0.717) is 0 Å². The first-order valence-electron chi connectivity index (χ1n) is 6.40. The Morgan fingerprint density at radius 2 is 1.86 bits per heavy atom. The number of ether oxygens (including phenoxy) is 1. The summed E-state index contributed by atoms with van der Waals surface area (Å²) in [7, 11) is -2.39. The number of aliphatic carboxylic acids is 1. The summed E-state index contributed by atoms with van der Waals surface area (Å²) in [5.74, 6) is -1.09. The predicted molar refractivity (Wildman–Crippen MR) is 73.6 cm³/mol. The van der Waals surface area contributed by atoms with Gasteiger partial charge in [-0.1, -0.05) is 12.1 Å². The average Bonchev–Trinajstić information content (AvgIpc) is 2.47. The van der Waals surface area contributed by atoms with Crippen molar-refractivity contribution in [1.29, 1.82) is 0 Å². The number of aliphatic hydroxyl groups is 1. The lowest BCUT2D eigenvalue weighted by molar-refractivity contribution is -0.162. The lowest BCUT2D eigenvalue weighted by Gasteiger charge is -2.34. The van der Waals surface area contributed by atoms with Gasteiger partial charge in [-0.3, -0.25) is 0 Å². The van der Waals surface area contributed by atoms with Gasteiger partial charge >= 0.3 is 5.97 Å². The summed E-state index contributed by atoms with van der Waals surface area (Å²) in [4.78, 5) is 11.0. The molecule has 0 aliphatic carbocycles. The van der Waals surface area contributed by atoms with Crippen LogP contribution in [-0.2, 0) is 14.8 Å². The molecule has 0 radical (unpaired) electrons. The smallest absolute Gasteiger partial charge is 0.335 e. The average molecular weight is 315 g/mol. The van der Waals surface area contributed by atoms with Crippen molar-refractivity contribution >= 4 is 16.0 Å². The van der Waals surface area contributed by atoms with Crippen LogP contribution >= 0.6 is 0 Å². The number of benzene rings is 1. The first kappa shape index (κ1) is 15.7. The second-order valence-electron chi connectivity index (χ2n) is 4.89. The summed E-state index contributed by atoms with van der Waals surface area (Å²) in [6, 6.07) is 6.24. The van der Waals surface area contributed by atoms with E-state index in [-0.39, 0.29) is 36.6 Å². The molecule has 0 unspecified atom stereocenters. The van der Waals surface area contributed by atoms with Crippen LogP contribution in [0.1, 0.15) is 12.8 Å². The van der Waals surface area contributed by atoms with Crippen LogP contribution in [0, 0.1) is 0 Å². The van der Waals surface area contributed by atoms with Crippen molar-refractivity contribution in [1.82, 2.24) is 4.31 Å². The van der Waals surface area contributed by atoms with Gasteiger partial charge < -0.3 is 14.9 Å². The Morgan fingerprint density at radius 3 is 2.38 bits per heavy atom. The number of piperidine rings is 1. The quantitative estimate of drug-likeness (QED) is 0.828. The van der Waals surface area contributed by atoms with E-state index >= 15 is 0 Å². The third-order valence-electron chi connectivity index (χ3n) is 3.63. The monoisotopic (exact) mass is 315 g/mol. The zero-order valence-corrected chi connectivity index (χ0v) is 12.3. The zero-order valence-electron chi connectivity index (χ0n) is 11.5. The first-order chi connectivity index (χ1) is 9.81. The van der Waals surface area contributed by atoms with Crippen LogP contribution < -0.4 is 4.74 Å². The zero-order chi connectivity index (χ0) is 15.7. The molecule has 0 amide bonds. The molecule has 1 heterocycles. The summed E-state index contributed by atoms with van der Waals surface area (Å²) in [5.41, 5.74) is -1.85. The van der Waals surface area contributed by atoms with Gasteiger partial charge in [0.1, 0.15) is 10.6 Å². The Balaban J connectivity index is 2.25. The summed E-state index contributed by atoms with van der Waals surface area (Å²) in [5, 5.41) is 18.8. The van der Waals surface area contributed by atoms with Crippen molar-refractivity contribution < 1.29 is 28.2 Å². The SMILES string of the molecule is COc1ccccc1S(=O)(=O)N1CCC(O)(C(=O)O)CC1. The van der Waals surface area contributed by atoms with Crippen LogP contribution in [0.2, 0.25) is 0 Å². The Labute approximate surface area is 122 Å². The van der Waals surface area contributed by atoms with Crippen LogP contribution in [0.4, 0.5) is 0 Å². The summed E-state index contributed by atoms with van der Waals surface area (Å²) in [6.45, 7) is -0.105. The molecule has 1 aromatic rings. The van der Waals surface area contributed by atoms with E-state index in [4.69, 9.17) is 9.84 Å². The van der Waals surface area contributed by atoms with Gasteiger partial charge in [0.25, 0.3) is 0 Å². The van der Waals surface area contributed by atoms with Crippen LogP contribution in [0.5, 0.6) is 5.75 Å². The molecule has 2 rings (SSSR count). The molecular formula is C13H17NO6S. The van der Waals surface area contributed by atoms with Crippen molar-refractivity contribution in [2.24, 2.45) is 0 Å². The molecule has 1 saturated heterocycles. The van der Waals surface area contributed by atoms with Gasteiger partial charge in [-0.15, -0.1) is 0 Å². The van der Waals surface area contributed by atoms with Crippen molar-refractivity contribution in [2.75, 3.05) is 20.2 Å². The number of hydrogen-bond acceptors (Lipinski definition) is 5. The standard InChI is InChI=1S/C13H17NO6S/c1-20-10-4-2-3-5-11(10)21(18,19)14-8-6-13(17,7-9-14)12(15)16/h2-5,17H,6-9H2,1H3,(H,15,16). The summed E-state index contributed by atoms with van der Waals surface area (Å²) >= 11 is 0. The lowest BCUT2D eigenvalue weighted by atomic mass is 9.93. The highest BCUT2D eigenvalue weighted by Crippen LogP contribution is 2.30. The number of sulfonamides is 1. The number of methoxy groups -OCH3 is 1. The van der Waals surface area contributed by atoms with E-state index in [9.17, 15) is 18.3 Å². The van der Waals surface area contributed by atoms with Crippen molar-refractivity contribution in [2.45, 2.75) is 23.3 Å². The van der Waals surface area contributed by atoms with Gasteiger partial charge in [0.05, 0.1) is 7.11 Å². The molecule has 8 heteroatoms. The minimum atomic E-state index is -3.78. The van der Waals surface area contributed by atoms with Gasteiger partial charge in [-0.2, -0.15) is 4.31 Å². The van der Waals surface area contributed by atoms with E-state index < -0.39 is 21.6 Å². The van der Waals surface area contributed by atoms with Gasteiger partial charge in [0, 0.05) is 25.9 Å². The van der Waals surface area contributed by atoms with Crippen LogP contribution in [0.3, 0.4) is 0 Å². The molecule has 116 valence electrons. The highest BCUT2D eigenvalue weighted by molar-refractivity contribution is 7.89. The molecule has 1 aromatic carbocycles. The summed E-state index contributed by atoms with van der Waals surface area (Å²) < 4.78 is 31.4. The topological polar surface area (TPSA) is 104 Å². The Bertz CT molecular complexity index is 634. The number of carboxylic acid groups (broad SMARTS) is 1. The Morgan fingerprint density at radius 1 is 1.29 bits per heavy atom. The lowest BCUT2D eigenvalue weighted by Crippen LogP contribution is -2.50. The molecule has 0 spiro atoms. The maximum atomic E-state index is 12.6. The van der Waals surface area contributed by atoms with Gasteiger partial charge in [-0.25, -0.2) is 13.2 Å². The van der Waals surface area contributed by atoms with E-state index in [1.165, 1.54) is 17.5 Å². The molecule has 0 aromatic heterocycles. The van der Waals surface area contributed by atoms with Crippen LogP contribution in [0.15, 0.2) is 29.2 Å². The molecule has 0 bridgehead atoms. The number of nitrogens with zero attached hydrogens (tertiary/aromatic N) is 1. The van der Waals surface area contributed by atoms with Gasteiger partial charge in [0.2, 0.25) is 10.0 Å². The maximum absolute atomic E-state index is 12.6. The molecule has 0 saturated carbocycles. The van der Waals surface area contributed by atoms with E-state index in [0.717, 1.165) is 0 Å². The van der Waals surface area contributed by atoms with Gasteiger partial charge in [-0.05, 0) is 12.1 Å². The molecule has 0 atom stereocenters. The minimum Gasteiger partial charge on any atom is -0.495 e. The molecule has 2 N–H and O–H groups in total. The molecule has 1 fully saturated rings. The predicted octanol–water partition coefficient (Wildman–Crippen LogP) is 0.295. The normalized spacial score (nSPS) is 19.1. The van der Waals surface area contributed by atoms with Crippen molar-refractivity contribution in [3.05, 3.63) is 24.3 Å². The van der Waals surface area contributed by atoms with Crippen LogP contribution in [0.25, 0.3) is 0 Å². The molecular weight excluding hydrogens is 298 g/mol. The highest BCUT2D eigenvalue weighted by Gasteiger charge is 2.42.